The lowest BCUT2D eigenvalue weighted by Crippen LogP contribution is -2.34. The minimum absolute atomic E-state index is 0.121. The average Bonchev–Trinajstić information content (AvgIpc) is 2.56. The lowest BCUT2D eigenvalue weighted by molar-refractivity contribution is -0.114. The molecule has 1 aliphatic rings. The first-order valence-corrected chi connectivity index (χ1v) is 6.39. The molecule has 0 aliphatic carbocycles. The smallest absolute Gasteiger partial charge is 0.299 e. The SMILES string of the molecule is CC(CBr)CN1C(=O)C(=O)c2cccc(F)c21. The molecule has 0 fully saturated rings. The summed E-state index contributed by atoms with van der Waals surface area (Å²) < 4.78 is 13.7. The van der Waals surface area contributed by atoms with Crippen molar-refractivity contribution in [3.8, 4) is 0 Å². The van der Waals surface area contributed by atoms with E-state index in [9.17, 15) is 14.0 Å². The van der Waals surface area contributed by atoms with E-state index in [0.717, 1.165) is 0 Å². The zero-order valence-electron chi connectivity index (χ0n) is 9.24. The summed E-state index contributed by atoms with van der Waals surface area (Å²) in [5, 5.41) is 0.689. The van der Waals surface area contributed by atoms with Crippen LogP contribution in [0.2, 0.25) is 0 Å². The van der Waals surface area contributed by atoms with Crippen molar-refractivity contribution in [1.82, 2.24) is 0 Å². The van der Waals surface area contributed by atoms with Gasteiger partial charge in [0.15, 0.2) is 0 Å². The maximum absolute atomic E-state index is 13.7. The Kier molecular flexibility index (Phi) is 3.28. The molecule has 1 aromatic rings. The van der Waals surface area contributed by atoms with Gasteiger partial charge in [0.1, 0.15) is 5.82 Å². The standard InChI is InChI=1S/C12H11BrFNO2/c1-7(5-13)6-15-10-8(11(16)12(15)17)3-2-4-9(10)14/h2-4,7H,5-6H2,1H3. The highest BCUT2D eigenvalue weighted by Crippen LogP contribution is 2.32. The molecule has 0 saturated heterocycles. The summed E-state index contributed by atoms with van der Waals surface area (Å²) in [6, 6.07) is 4.19. The highest BCUT2D eigenvalue weighted by Gasteiger charge is 2.38. The number of Topliss-reactive ketones (excluding diaryl/α,β-unsaturated/α-hetero) is 1. The average molecular weight is 300 g/mol. The molecule has 1 aromatic carbocycles. The van der Waals surface area contributed by atoms with Crippen molar-refractivity contribution in [2.45, 2.75) is 6.92 Å². The molecule has 1 unspecified atom stereocenters. The Labute approximate surface area is 107 Å². The number of fused-ring (bicyclic) bond motifs is 1. The molecule has 0 radical (unpaired) electrons. The van der Waals surface area contributed by atoms with Crippen molar-refractivity contribution in [1.29, 1.82) is 0 Å². The lowest BCUT2D eigenvalue weighted by Gasteiger charge is -2.20. The van der Waals surface area contributed by atoms with Crippen LogP contribution in [-0.2, 0) is 4.79 Å². The highest BCUT2D eigenvalue weighted by atomic mass is 79.9. The number of rotatable bonds is 3. The molecule has 0 N–H and O–H groups in total. The van der Waals surface area contributed by atoms with Crippen LogP contribution >= 0.6 is 15.9 Å². The lowest BCUT2D eigenvalue weighted by atomic mass is 10.1. The van der Waals surface area contributed by atoms with E-state index in [1.165, 1.54) is 23.1 Å². The number of para-hydroxylation sites is 1. The molecule has 2 rings (SSSR count). The number of ketones is 1. The molecule has 0 bridgehead atoms. The summed E-state index contributed by atoms with van der Waals surface area (Å²) in [7, 11) is 0. The number of carbonyl (C=O) groups excluding carboxylic acids is 2. The Balaban J connectivity index is 2.43. The summed E-state index contributed by atoms with van der Waals surface area (Å²) in [5.74, 6) is -1.64. The Morgan fingerprint density at radius 2 is 2.12 bits per heavy atom. The van der Waals surface area contributed by atoms with E-state index in [1.54, 1.807) is 0 Å². The van der Waals surface area contributed by atoms with E-state index < -0.39 is 17.5 Å². The Hall–Kier alpha value is -1.23. The topological polar surface area (TPSA) is 37.4 Å². The molecular weight excluding hydrogens is 289 g/mol. The van der Waals surface area contributed by atoms with Crippen LogP contribution in [0.4, 0.5) is 10.1 Å². The number of alkyl halides is 1. The summed E-state index contributed by atoms with van der Waals surface area (Å²) in [6.45, 7) is 2.26. The third kappa shape index (κ3) is 1.99. The molecule has 1 amide bonds. The number of halogens is 2. The van der Waals surface area contributed by atoms with Gasteiger partial charge in [0.25, 0.3) is 11.7 Å². The Morgan fingerprint density at radius 1 is 1.41 bits per heavy atom. The van der Waals surface area contributed by atoms with Crippen LogP contribution in [0.15, 0.2) is 18.2 Å². The summed E-state index contributed by atoms with van der Waals surface area (Å²) in [4.78, 5) is 24.7. The fraction of sp³-hybridized carbons (Fsp3) is 0.333. The second kappa shape index (κ2) is 4.56. The van der Waals surface area contributed by atoms with Gasteiger partial charge in [0, 0.05) is 11.9 Å². The van der Waals surface area contributed by atoms with Gasteiger partial charge in [-0.1, -0.05) is 28.9 Å². The van der Waals surface area contributed by atoms with Gasteiger partial charge in [0.2, 0.25) is 0 Å². The van der Waals surface area contributed by atoms with Crippen LogP contribution in [0, 0.1) is 11.7 Å². The molecule has 0 spiro atoms. The van der Waals surface area contributed by atoms with Crippen molar-refractivity contribution >= 4 is 33.3 Å². The molecule has 5 heteroatoms. The molecule has 17 heavy (non-hydrogen) atoms. The summed E-state index contributed by atoms with van der Waals surface area (Å²) in [6.07, 6.45) is 0. The van der Waals surface area contributed by atoms with Crippen molar-refractivity contribution in [2.75, 3.05) is 16.8 Å². The maximum Gasteiger partial charge on any atom is 0.299 e. The van der Waals surface area contributed by atoms with E-state index in [0.29, 0.717) is 11.9 Å². The minimum Gasteiger partial charge on any atom is -0.302 e. The predicted molar refractivity (Wildman–Crippen MR) is 66.0 cm³/mol. The van der Waals surface area contributed by atoms with Gasteiger partial charge in [-0.05, 0) is 18.1 Å². The molecular formula is C12H11BrFNO2. The van der Waals surface area contributed by atoms with Gasteiger partial charge < -0.3 is 4.90 Å². The van der Waals surface area contributed by atoms with Crippen molar-refractivity contribution in [3.63, 3.8) is 0 Å². The first-order chi connectivity index (χ1) is 8.06. The Morgan fingerprint density at radius 3 is 2.76 bits per heavy atom. The van der Waals surface area contributed by atoms with E-state index >= 15 is 0 Å². The van der Waals surface area contributed by atoms with Crippen LogP contribution < -0.4 is 4.90 Å². The molecule has 1 aliphatic heterocycles. The number of nitrogens with zero attached hydrogens (tertiary/aromatic N) is 1. The number of hydrogen-bond donors (Lipinski definition) is 0. The third-order valence-corrected chi connectivity index (χ3v) is 3.80. The maximum atomic E-state index is 13.7. The molecule has 0 aromatic heterocycles. The van der Waals surface area contributed by atoms with Crippen LogP contribution in [0.5, 0.6) is 0 Å². The predicted octanol–water partition coefficient (Wildman–Crippen LogP) is 2.39. The van der Waals surface area contributed by atoms with Gasteiger partial charge >= 0.3 is 0 Å². The molecule has 1 atom stereocenters. The number of anilines is 1. The fourth-order valence-corrected chi connectivity index (χ4v) is 2.05. The van der Waals surface area contributed by atoms with E-state index in [1.807, 2.05) is 6.92 Å². The van der Waals surface area contributed by atoms with Crippen LogP contribution in [-0.4, -0.2) is 23.6 Å². The second-order valence-electron chi connectivity index (χ2n) is 4.14. The van der Waals surface area contributed by atoms with Crippen molar-refractivity contribution < 1.29 is 14.0 Å². The van der Waals surface area contributed by atoms with E-state index in [4.69, 9.17) is 0 Å². The van der Waals surface area contributed by atoms with Crippen molar-refractivity contribution in [2.24, 2.45) is 5.92 Å². The normalized spacial score (nSPS) is 16.3. The van der Waals surface area contributed by atoms with Crippen LogP contribution in [0.1, 0.15) is 17.3 Å². The zero-order chi connectivity index (χ0) is 12.6. The monoisotopic (exact) mass is 299 g/mol. The van der Waals surface area contributed by atoms with Gasteiger partial charge in [-0.2, -0.15) is 0 Å². The van der Waals surface area contributed by atoms with E-state index in [-0.39, 0.29) is 17.2 Å². The van der Waals surface area contributed by atoms with Gasteiger partial charge in [-0.15, -0.1) is 0 Å². The van der Waals surface area contributed by atoms with Crippen LogP contribution in [0.25, 0.3) is 0 Å². The number of hydrogen-bond acceptors (Lipinski definition) is 2. The summed E-state index contributed by atoms with van der Waals surface area (Å²) >= 11 is 3.30. The molecule has 3 nitrogen and oxygen atoms in total. The second-order valence-corrected chi connectivity index (χ2v) is 4.79. The Bertz CT molecular complexity index is 489. The van der Waals surface area contributed by atoms with Crippen LogP contribution in [0.3, 0.4) is 0 Å². The fourth-order valence-electron chi connectivity index (χ4n) is 1.85. The minimum atomic E-state index is -0.641. The first-order valence-electron chi connectivity index (χ1n) is 5.27. The summed E-state index contributed by atoms with van der Waals surface area (Å²) in [5.41, 5.74) is 0.284. The quantitative estimate of drug-likeness (QED) is 0.635. The third-order valence-electron chi connectivity index (χ3n) is 2.70. The van der Waals surface area contributed by atoms with Gasteiger partial charge in [-0.3, -0.25) is 9.59 Å². The van der Waals surface area contributed by atoms with Gasteiger partial charge in [0.05, 0.1) is 11.3 Å². The number of benzene rings is 1. The van der Waals surface area contributed by atoms with E-state index in [2.05, 4.69) is 15.9 Å². The zero-order valence-corrected chi connectivity index (χ0v) is 10.8. The number of carbonyl (C=O) groups is 2. The largest absolute Gasteiger partial charge is 0.302 e. The number of amides is 1. The van der Waals surface area contributed by atoms with Crippen molar-refractivity contribution in [3.05, 3.63) is 29.6 Å². The molecule has 0 saturated carbocycles. The molecule has 1 heterocycles. The first kappa shape index (κ1) is 12.2. The molecule has 90 valence electrons. The van der Waals surface area contributed by atoms with Gasteiger partial charge in [-0.25, -0.2) is 4.39 Å². The highest BCUT2D eigenvalue weighted by molar-refractivity contribution is 9.09.